The van der Waals surface area contributed by atoms with E-state index < -0.39 is 0 Å². The van der Waals surface area contributed by atoms with Gasteiger partial charge >= 0.3 is 0 Å². The third-order valence-electron chi connectivity index (χ3n) is 4.80. The molecule has 8 heteroatoms. The van der Waals surface area contributed by atoms with E-state index in [9.17, 15) is 4.39 Å². The highest BCUT2D eigenvalue weighted by Crippen LogP contribution is 2.23. The van der Waals surface area contributed by atoms with Gasteiger partial charge in [-0.2, -0.15) is 0 Å². The number of aliphatic imine (C=N–C) groups is 1. The van der Waals surface area contributed by atoms with Crippen LogP contribution in [0.4, 0.5) is 10.2 Å². The molecule has 3 aromatic rings. The minimum Gasteiger partial charge on any atom is -0.352 e. The first kappa shape index (κ1) is 19.3. The molecule has 150 valence electrons. The van der Waals surface area contributed by atoms with Crippen molar-refractivity contribution in [1.29, 1.82) is 0 Å². The zero-order valence-corrected chi connectivity index (χ0v) is 17.0. The molecule has 1 fully saturated rings. The summed E-state index contributed by atoms with van der Waals surface area (Å²) in [5.74, 6) is 0.844. The molecule has 3 heterocycles. The topological polar surface area (TPSA) is 65.4 Å². The van der Waals surface area contributed by atoms with Crippen molar-refractivity contribution < 1.29 is 4.39 Å². The van der Waals surface area contributed by atoms with Crippen LogP contribution in [-0.2, 0) is 6.54 Å². The average molecular weight is 411 g/mol. The molecule has 29 heavy (non-hydrogen) atoms. The lowest BCUT2D eigenvalue weighted by molar-refractivity contribution is 0.612. The Morgan fingerprint density at radius 3 is 2.93 bits per heavy atom. The average Bonchev–Trinajstić information content (AvgIpc) is 3.42. The third kappa shape index (κ3) is 4.71. The second-order valence-corrected chi connectivity index (χ2v) is 7.68. The maximum atomic E-state index is 14.0. The van der Waals surface area contributed by atoms with Crippen molar-refractivity contribution in [3.8, 4) is 10.6 Å². The van der Waals surface area contributed by atoms with Crippen LogP contribution in [0.25, 0.3) is 10.6 Å². The summed E-state index contributed by atoms with van der Waals surface area (Å²) in [4.78, 5) is 15.1. The zero-order valence-electron chi connectivity index (χ0n) is 16.2. The van der Waals surface area contributed by atoms with Crippen LogP contribution < -0.4 is 15.5 Å². The van der Waals surface area contributed by atoms with Crippen LogP contribution in [0.2, 0.25) is 0 Å². The number of rotatable bonds is 5. The first-order valence-electron chi connectivity index (χ1n) is 9.55. The van der Waals surface area contributed by atoms with Gasteiger partial charge in [-0.15, -0.1) is 11.3 Å². The Morgan fingerprint density at radius 2 is 2.14 bits per heavy atom. The fraction of sp³-hybridized carbons (Fsp3) is 0.286. The van der Waals surface area contributed by atoms with Gasteiger partial charge in [0.25, 0.3) is 0 Å². The van der Waals surface area contributed by atoms with Crippen molar-refractivity contribution in [2.24, 2.45) is 4.99 Å². The van der Waals surface area contributed by atoms with Gasteiger partial charge in [0.05, 0.1) is 12.2 Å². The summed E-state index contributed by atoms with van der Waals surface area (Å²) in [5.41, 5.74) is 2.10. The van der Waals surface area contributed by atoms with E-state index in [1.54, 1.807) is 30.6 Å². The van der Waals surface area contributed by atoms with Gasteiger partial charge in [0.1, 0.15) is 5.01 Å². The second-order valence-electron chi connectivity index (χ2n) is 6.82. The van der Waals surface area contributed by atoms with E-state index in [4.69, 9.17) is 4.98 Å². The first-order valence-corrected chi connectivity index (χ1v) is 10.4. The molecule has 1 saturated heterocycles. The van der Waals surface area contributed by atoms with Crippen molar-refractivity contribution in [1.82, 2.24) is 20.6 Å². The Morgan fingerprint density at radius 1 is 1.28 bits per heavy atom. The Bertz CT molecular complexity index is 974. The van der Waals surface area contributed by atoms with Crippen molar-refractivity contribution >= 4 is 23.1 Å². The van der Waals surface area contributed by atoms with Gasteiger partial charge in [0.2, 0.25) is 0 Å². The van der Waals surface area contributed by atoms with Crippen molar-refractivity contribution in [2.45, 2.75) is 19.0 Å². The summed E-state index contributed by atoms with van der Waals surface area (Å²) >= 11 is 1.63. The molecule has 0 spiro atoms. The van der Waals surface area contributed by atoms with Crippen LogP contribution in [0.1, 0.15) is 12.1 Å². The van der Waals surface area contributed by atoms with Gasteiger partial charge in [-0.25, -0.2) is 14.4 Å². The van der Waals surface area contributed by atoms with Crippen LogP contribution in [0.15, 0.2) is 59.0 Å². The molecule has 0 saturated carbocycles. The summed E-state index contributed by atoms with van der Waals surface area (Å²) in [5, 5.41) is 9.80. The minimum atomic E-state index is -0.284. The number of guanidine groups is 1. The van der Waals surface area contributed by atoms with Crippen LogP contribution >= 0.6 is 11.3 Å². The molecule has 4 rings (SSSR count). The molecule has 6 nitrogen and oxygen atoms in total. The number of aromatic nitrogens is 2. The van der Waals surface area contributed by atoms with E-state index in [0.717, 1.165) is 29.2 Å². The molecule has 2 aromatic heterocycles. The molecule has 1 aliphatic heterocycles. The standard InChI is InChI=1S/C21H23FN6S/c1-23-21(25-12-17-14-29-20(26-17)15-6-3-2-4-7-15)27-16-9-11-28(13-16)19-18(22)8-5-10-24-19/h2-8,10,14,16H,9,11-13H2,1H3,(H2,23,25,27). The van der Waals surface area contributed by atoms with E-state index in [1.165, 1.54) is 6.07 Å². The SMILES string of the molecule is CN=C(NCc1csc(-c2ccccc2)n1)NC1CCN(c2ncccc2F)C1. The largest absolute Gasteiger partial charge is 0.352 e. The number of pyridine rings is 1. The van der Waals surface area contributed by atoms with Gasteiger partial charge in [-0.3, -0.25) is 4.99 Å². The summed E-state index contributed by atoms with van der Waals surface area (Å²) in [6.45, 7) is 2.03. The molecular formula is C21H23FN6S. The molecule has 1 aromatic carbocycles. The van der Waals surface area contributed by atoms with Crippen LogP contribution in [0.5, 0.6) is 0 Å². The lowest BCUT2D eigenvalue weighted by Crippen LogP contribution is -2.44. The number of anilines is 1. The Kier molecular flexibility index (Phi) is 6.00. The number of halogens is 1. The predicted octanol–water partition coefficient (Wildman–Crippen LogP) is 3.29. The number of benzene rings is 1. The normalized spacial score (nSPS) is 16.8. The summed E-state index contributed by atoms with van der Waals surface area (Å²) in [6, 6.07) is 13.4. The van der Waals surface area contributed by atoms with E-state index in [1.807, 2.05) is 23.1 Å². The predicted molar refractivity (Wildman–Crippen MR) is 116 cm³/mol. The summed E-state index contributed by atoms with van der Waals surface area (Å²) in [6.07, 6.45) is 2.52. The Balaban J connectivity index is 1.31. The molecular weight excluding hydrogens is 387 g/mol. The van der Waals surface area contributed by atoms with Gasteiger partial charge in [-0.1, -0.05) is 30.3 Å². The maximum absolute atomic E-state index is 14.0. The van der Waals surface area contributed by atoms with Crippen molar-refractivity contribution in [3.63, 3.8) is 0 Å². The first-order chi connectivity index (χ1) is 14.2. The monoisotopic (exact) mass is 410 g/mol. The van der Waals surface area contributed by atoms with E-state index >= 15 is 0 Å². The zero-order chi connectivity index (χ0) is 20.1. The second kappa shape index (κ2) is 9.00. The molecule has 1 unspecified atom stereocenters. The van der Waals surface area contributed by atoms with Crippen LogP contribution in [0.3, 0.4) is 0 Å². The highest BCUT2D eigenvalue weighted by Gasteiger charge is 2.25. The fourth-order valence-corrected chi connectivity index (χ4v) is 4.17. The molecule has 0 bridgehead atoms. The van der Waals surface area contributed by atoms with Crippen molar-refractivity contribution in [2.75, 3.05) is 25.0 Å². The van der Waals surface area contributed by atoms with Gasteiger partial charge in [0, 0.05) is 43.3 Å². The van der Waals surface area contributed by atoms with Crippen LogP contribution in [-0.4, -0.2) is 42.1 Å². The number of hydrogen-bond acceptors (Lipinski definition) is 5. The van der Waals surface area contributed by atoms with Crippen molar-refractivity contribution in [3.05, 3.63) is 65.6 Å². The quantitative estimate of drug-likeness (QED) is 0.499. The van der Waals surface area contributed by atoms with Gasteiger partial charge < -0.3 is 15.5 Å². The van der Waals surface area contributed by atoms with E-state index in [0.29, 0.717) is 24.9 Å². The summed E-state index contributed by atoms with van der Waals surface area (Å²) < 4.78 is 14.0. The van der Waals surface area contributed by atoms with Crippen LogP contribution in [0, 0.1) is 5.82 Å². The van der Waals surface area contributed by atoms with Gasteiger partial charge in [0.15, 0.2) is 17.6 Å². The number of hydrogen-bond donors (Lipinski definition) is 2. The molecule has 1 aliphatic rings. The molecule has 2 N–H and O–H groups in total. The van der Waals surface area contributed by atoms with E-state index in [2.05, 4.69) is 38.1 Å². The third-order valence-corrected chi connectivity index (χ3v) is 5.74. The smallest absolute Gasteiger partial charge is 0.191 e. The highest BCUT2D eigenvalue weighted by atomic mass is 32.1. The van der Waals surface area contributed by atoms with Gasteiger partial charge in [-0.05, 0) is 18.6 Å². The van der Waals surface area contributed by atoms with E-state index in [-0.39, 0.29) is 11.9 Å². The lowest BCUT2D eigenvalue weighted by atomic mass is 10.2. The Hall–Kier alpha value is -3.00. The summed E-state index contributed by atoms with van der Waals surface area (Å²) in [7, 11) is 1.75. The number of nitrogens with zero attached hydrogens (tertiary/aromatic N) is 4. The molecule has 1 atom stereocenters. The fourth-order valence-electron chi connectivity index (χ4n) is 3.34. The number of nitrogens with one attached hydrogen (secondary N) is 2. The highest BCUT2D eigenvalue weighted by molar-refractivity contribution is 7.13. The number of thiazole rings is 1. The molecule has 0 radical (unpaired) electrons. The molecule has 0 aliphatic carbocycles. The lowest BCUT2D eigenvalue weighted by Gasteiger charge is -2.19. The minimum absolute atomic E-state index is 0.179. The Labute approximate surface area is 173 Å². The molecule has 0 amide bonds. The maximum Gasteiger partial charge on any atom is 0.191 e.